The number of nitrogens with one attached hydrogen (secondary N) is 1. The number of rotatable bonds is 5. The van der Waals surface area contributed by atoms with Crippen LogP contribution >= 0.6 is 0 Å². The van der Waals surface area contributed by atoms with Crippen LogP contribution < -0.4 is 20.5 Å². The summed E-state index contributed by atoms with van der Waals surface area (Å²) in [5, 5.41) is 3.22. The van der Waals surface area contributed by atoms with Crippen molar-refractivity contribution in [3.8, 4) is 11.6 Å². The van der Waals surface area contributed by atoms with Gasteiger partial charge in [-0.2, -0.15) is 4.98 Å². The van der Waals surface area contributed by atoms with E-state index in [2.05, 4.69) is 10.3 Å². The molecule has 20 heavy (non-hydrogen) atoms. The van der Waals surface area contributed by atoms with Crippen molar-refractivity contribution in [1.82, 2.24) is 4.98 Å². The summed E-state index contributed by atoms with van der Waals surface area (Å²) in [6, 6.07) is 9.48. The van der Waals surface area contributed by atoms with Crippen molar-refractivity contribution in [1.29, 1.82) is 0 Å². The van der Waals surface area contributed by atoms with Gasteiger partial charge in [0.1, 0.15) is 11.6 Å². The molecule has 1 heterocycles. The minimum atomic E-state index is 0.434. The number of ether oxygens (including phenoxy) is 2. The van der Waals surface area contributed by atoms with Gasteiger partial charge in [-0.1, -0.05) is 6.07 Å². The van der Waals surface area contributed by atoms with Gasteiger partial charge in [0, 0.05) is 0 Å². The predicted octanol–water partition coefficient (Wildman–Crippen LogP) is 3.12. The van der Waals surface area contributed by atoms with E-state index in [4.69, 9.17) is 15.2 Å². The van der Waals surface area contributed by atoms with Crippen LogP contribution in [0.2, 0.25) is 0 Å². The molecule has 0 atom stereocenters. The number of hydrogen-bond donors (Lipinski definition) is 2. The Hall–Kier alpha value is -2.43. The van der Waals surface area contributed by atoms with Gasteiger partial charge < -0.3 is 20.5 Å². The highest BCUT2D eigenvalue weighted by Crippen LogP contribution is 2.29. The minimum Gasteiger partial charge on any atom is -0.495 e. The number of aromatic nitrogens is 1. The maximum Gasteiger partial charge on any atom is 0.239 e. The van der Waals surface area contributed by atoms with Gasteiger partial charge in [0.15, 0.2) is 0 Å². The second-order valence-corrected chi connectivity index (χ2v) is 4.35. The Morgan fingerprint density at radius 3 is 2.75 bits per heavy atom. The van der Waals surface area contributed by atoms with Gasteiger partial charge in [-0.05, 0) is 43.7 Å². The Morgan fingerprint density at radius 2 is 2.05 bits per heavy atom. The molecule has 2 aromatic rings. The van der Waals surface area contributed by atoms with Gasteiger partial charge >= 0.3 is 0 Å². The van der Waals surface area contributed by atoms with E-state index in [1.165, 1.54) is 0 Å². The van der Waals surface area contributed by atoms with E-state index < -0.39 is 0 Å². The van der Waals surface area contributed by atoms with E-state index in [0.29, 0.717) is 24.0 Å². The number of nitrogens with two attached hydrogens (primary N) is 1. The van der Waals surface area contributed by atoms with Gasteiger partial charge in [-0.25, -0.2) is 0 Å². The number of benzene rings is 1. The van der Waals surface area contributed by atoms with E-state index >= 15 is 0 Å². The average molecular weight is 273 g/mol. The molecular weight excluding hydrogens is 254 g/mol. The number of hydrogen-bond acceptors (Lipinski definition) is 5. The number of nitrogens with zero attached hydrogens (tertiary/aromatic N) is 1. The van der Waals surface area contributed by atoms with Crippen LogP contribution in [0.25, 0.3) is 0 Å². The molecule has 0 radical (unpaired) electrons. The van der Waals surface area contributed by atoms with Gasteiger partial charge in [0.2, 0.25) is 5.88 Å². The third-order valence-electron chi connectivity index (χ3n) is 2.79. The van der Waals surface area contributed by atoms with Gasteiger partial charge in [-0.15, -0.1) is 0 Å². The van der Waals surface area contributed by atoms with Crippen molar-refractivity contribution in [3.63, 3.8) is 0 Å². The van der Waals surface area contributed by atoms with E-state index in [-0.39, 0.29) is 0 Å². The molecule has 0 saturated carbocycles. The molecule has 0 unspecified atom stereocenters. The summed E-state index contributed by atoms with van der Waals surface area (Å²) in [5.41, 5.74) is 8.32. The summed E-state index contributed by atoms with van der Waals surface area (Å²) in [5.74, 6) is 1.85. The molecule has 1 aromatic heterocycles. The highest BCUT2D eigenvalue weighted by molar-refractivity contribution is 5.66. The Bertz CT molecular complexity index is 600. The molecule has 0 amide bonds. The Kier molecular flexibility index (Phi) is 4.30. The van der Waals surface area contributed by atoms with Crippen molar-refractivity contribution in [2.45, 2.75) is 13.8 Å². The summed E-state index contributed by atoms with van der Waals surface area (Å²) in [6.07, 6.45) is 0. The predicted molar refractivity (Wildman–Crippen MR) is 80.8 cm³/mol. The lowest BCUT2D eigenvalue weighted by atomic mass is 10.2. The maximum absolute atomic E-state index is 5.81. The smallest absolute Gasteiger partial charge is 0.239 e. The Labute approximate surface area is 118 Å². The minimum absolute atomic E-state index is 0.434. The van der Waals surface area contributed by atoms with Crippen LogP contribution in [0.3, 0.4) is 0 Å². The van der Waals surface area contributed by atoms with E-state index in [9.17, 15) is 0 Å². The Balaban J connectivity index is 2.30. The fourth-order valence-electron chi connectivity index (χ4n) is 1.83. The molecule has 5 nitrogen and oxygen atoms in total. The summed E-state index contributed by atoms with van der Waals surface area (Å²) in [7, 11) is 1.64. The fraction of sp³-hybridized carbons (Fsp3) is 0.267. The number of aryl methyl sites for hydroxylation is 1. The normalized spacial score (nSPS) is 10.2. The van der Waals surface area contributed by atoms with Crippen LogP contribution in [0.15, 0.2) is 30.3 Å². The molecular formula is C15H19N3O2. The quantitative estimate of drug-likeness (QED) is 0.876. The van der Waals surface area contributed by atoms with E-state index in [0.717, 1.165) is 17.0 Å². The highest BCUT2D eigenvalue weighted by Gasteiger charge is 2.07. The number of methoxy groups -OCH3 is 1. The average Bonchev–Trinajstić information content (AvgIpc) is 2.43. The fourth-order valence-corrected chi connectivity index (χ4v) is 1.83. The Morgan fingerprint density at radius 1 is 1.25 bits per heavy atom. The van der Waals surface area contributed by atoms with Crippen LogP contribution in [0.1, 0.15) is 12.5 Å². The van der Waals surface area contributed by atoms with Gasteiger partial charge in [-0.3, -0.25) is 0 Å². The first kappa shape index (κ1) is 14.0. The maximum atomic E-state index is 5.81. The molecule has 1 aromatic carbocycles. The molecule has 0 aliphatic rings. The first-order valence-corrected chi connectivity index (χ1v) is 6.45. The number of nitrogen functional groups attached to an aromatic ring is 1. The molecule has 5 heteroatoms. The van der Waals surface area contributed by atoms with E-state index in [1.54, 1.807) is 19.2 Å². The molecule has 2 rings (SSSR count). The zero-order valence-corrected chi connectivity index (χ0v) is 11.9. The summed E-state index contributed by atoms with van der Waals surface area (Å²) < 4.78 is 10.7. The van der Waals surface area contributed by atoms with Crippen molar-refractivity contribution >= 4 is 17.2 Å². The molecule has 0 spiro atoms. The van der Waals surface area contributed by atoms with Crippen LogP contribution in [0, 0.1) is 6.92 Å². The number of pyridine rings is 1. The zero-order chi connectivity index (χ0) is 14.5. The third-order valence-corrected chi connectivity index (χ3v) is 2.79. The van der Waals surface area contributed by atoms with E-state index in [1.807, 2.05) is 32.0 Å². The molecule has 0 fully saturated rings. The first-order valence-electron chi connectivity index (χ1n) is 6.45. The first-order chi connectivity index (χ1) is 9.63. The van der Waals surface area contributed by atoms with Crippen LogP contribution in [0.5, 0.6) is 11.6 Å². The van der Waals surface area contributed by atoms with Crippen LogP contribution in [-0.2, 0) is 0 Å². The molecule has 0 aliphatic heterocycles. The van der Waals surface area contributed by atoms with Crippen molar-refractivity contribution in [2.24, 2.45) is 0 Å². The molecule has 3 N–H and O–H groups in total. The van der Waals surface area contributed by atoms with Gasteiger partial charge in [0.25, 0.3) is 0 Å². The zero-order valence-electron chi connectivity index (χ0n) is 11.9. The van der Waals surface area contributed by atoms with Crippen LogP contribution in [0.4, 0.5) is 17.2 Å². The lowest BCUT2D eigenvalue weighted by Gasteiger charge is -2.13. The molecule has 106 valence electrons. The summed E-state index contributed by atoms with van der Waals surface area (Å²) in [6.45, 7) is 4.44. The monoisotopic (exact) mass is 273 g/mol. The lowest BCUT2D eigenvalue weighted by Crippen LogP contribution is -2.02. The van der Waals surface area contributed by atoms with Gasteiger partial charge in [0.05, 0.1) is 25.1 Å². The van der Waals surface area contributed by atoms with Crippen LogP contribution in [-0.4, -0.2) is 18.7 Å². The largest absolute Gasteiger partial charge is 0.495 e. The highest BCUT2D eigenvalue weighted by atomic mass is 16.5. The standard InChI is InChI=1S/C15H19N3O2/c1-4-20-15-11(16)6-8-14(18-15)17-12-9-10(2)5-7-13(12)19-3/h5-9H,4,16H2,1-3H3,(H,17,18). The second kappa shape index (κ2) is 6.14. The third kappa shape index (κ3) is 3.12. The topological polar surface area (TPSA) is 69.4 Å². The van der Waals surface area contributed by atoms with Crippen molar-refractivity contribution in [2.75, 3.05) is 24.8 Å². The molecule has 0 bridgehead atoms. The molecule has 0 saturated heterocycles. The lowest BCUT2D eigenvalue weighted by molar-refractivity contribution is 0.329. The van der Waals surface area contributed by atoms with Crippen molar-refractivity contribution < 1.29 is 9.47 Å². The second-order valence-electron chi connectivity index (χ2n) is 4.35. The van der Waals surface area contributed by atoms with Crippen molar-refractivity contribution in [3.05, 3.63) is 35.9 Å². The molecule has 0 aliphatic carbocycles. The number of anilines is 3. The summed E-state index contributed by atoms with van der Waals surface area (Å²) in [4.78, 5) is 4.35. The summed E-state index contributed by atoms with van der Waals surface area (Å²) >= 11 is 0. The SMILES string of the molecule is CCOc1nc(Nc2cc(C)ccc2OC)ccc1N.